The summed E-state index contributed by atoms with van der Waals surface area (Å²) >= 11 is 3.42. The summed E-state index contributed by atoms with van der Waals surface area (Å²) < 4.78 is 2.62. The van der Waals surface area contributed by atoms with Gasteiger partial charge < -0.3 is 5.11 Å². The fourth-order valence-corrected chi connectivity index (χ4v) is 3.13. The zero-order valence-electron chi connectivity index (χ0n) is 15.5. The van der Waals surface area contributed by atoms with E-state index < -0.39 is 4.92 Å². The molecule has 0 N–H and O–H groups in total. The highest BCUT2D eigenvalue weighted by atomic mass is 79.9. The predicted molar refractivity (Wildman–Crippen MR) is 116 cm³/mol. The predicted octanol–water partition coefficient (Wildman–Crippen LogP) is 5.03. The number of nitro groups is 1. The normalized spacial score (nSPS) is 11.1. The molecule has 1 aromatic heterocycles. The van der Waals surface area contributed by atoms with Crippen molar-refractivity contribution in [2.75, 3.05) is 0 Å². The summed E-state index contributed by atoms with van der Waals surface area (Å²) in [5.74, 6) is 0.147. The molecule has 148 valence electrons. The lowest BCUT2D eigenvalue weighted by atomic mass is 10.1. The molecule has 7 nitrogen and oxygen atoms in total. The smallest absolute Gasteiger partial charge is 0.270 e. The van der Waals surface area contributed by atoms with Crippen LogP contribution in [-0.4, -0.2) is 20.9 Å². The second kappa shape index (κ2) is 8.30. The standard InChI is InChI=1S/C22H15BrN4O3/c23-17-8-6-15(7-9-17)20-13-22(26(25-20)18-4-2-1-3-5-18)24-14-16-12-19(27(29)30)10-11-21(16)28/h1-14,28H/p-1. The lowest BCUT2D eigenvalue weighted by molar-refractivity contribution is -0.385. The van der Waals surface area contributed by atoms with E-state index >= 15 is 0 Å². The molecular formula is C22H14BrN4O3-. The van der Waals surface area contributed by atoms with Crippen LogP contribution < -0.4 is 5.11 Å². The number of non-ortho nitro benzene ring substituents is 1. The van der Waals surface area contributed by atoms with Crippen molar-refractivity contribution in [3.63, 3.8) is 0 Å². The van der Waals surface area contributed by atoms with Crippen molar-refractivity contribution in [3.05, 3.63) is 99.0 Å². The van der Waals surface area contributed by atoms with Gasteiger partial charge in [0.15, 0.2) is 5.82 Å². The molecule has 1 heterocycles. The first kappa shape index (κ1) is 19.5. The Hall–Kier alpha value is -3.78. The third-order valence-electron chi connectivity index (χ3n) is 4.37. The summed E-state index contributed by atoms with van der Waals surface area (Å²) in [5, 5.41) is 27.8. The molecule has 8 heteroatoms. The maximum Gasteiger partial charge on any atom is 0.270 e. The second-order valence-corrected chi connectivity index (χ2v) is 7.30. The summed E-state index contributed by atoms with van der Waals surface area (Å²) in [6, 6.07) is 22.5. The van der Waals surface area contributed by atoms with Crippen LogP contribution in [0.1, 0.15) is 5.56 Å². The van der Waals surface area contributed by atoms with Gasteiger partial charge in [-0.1, -0.05) is 58.1 Å². The number of hydrogen-bond acceptors (Lipinski definition) is 5. The van der Waals surface area contributed by atoms with Crippen molar-refractivity contribution in [1.29, 1.82) is 0 Å². The Morgan fingerprint density at radius 2 is 1.73 bits per heavy atom. The van der Waals surface area contributed by atoms with Gasteiger partial charge in [0, 0.05) is 34.4 Å². The SMILES string of the molecule is O=[N+]([O-])c1ccc([O-])c(C=Nc2cc(-c3ccc(Br)cc3)nn2-c2ccccc2)c1. The first-order valence-electron chi connectivity index (χ1n) is 8.92. The third kappa shape index (κ3) is 4.13. The van der Waals surface area contributed by atoms with Gasteiger partial charge in [-0.25, -0.2) is 9.67 Å². The monoisotopic (exact) mass is 461 g/mol. The Bertz CT molecular complexity index is 1240. The van der Waals surface area contributed by atoms with Gasteiger partial charge in [-0.15, -0.1) is 0 Å². The lowest BCUT2D eigenvalue weighted by Crippen LogP contribution is -1.99. The first-order valence-corrected chi connectivity index (χ1v) is 9.71. The molecule has 0 atom stereocenters. The number of halogens is 1. The number of hydrogen-bond donors (Lipinski definition) is 0. The molecular weight excluding hydrogens is 448 g/mol. The maximum atomic E-state index is 12.1. The van der Waals surface area contributed by atoms with Crippen molar-refractivity contribution >= 4 is 33.6 Å². The van der Waals surface area contributed by atoms with Crippen LogP contribution in [0.4, 0.5) is 11.5 Å². The average Bonchev–Trinajstić information content (AvgIpc) is 3.18. The van der Waals surface area contributed by atoms with Crippen LogP contribution in [0.3, 0.4) is 0 Å². The molecule has 0 saturated carbocycles. The van der Waals surface area contributed by atoms with Gasteiger partial charge >= 0.3 is 0 Å². The number of nitro benzene ring substituents is 1. The van der Waals surface area contributed by atoms with Crippen LogP contribution in [0.15, 0.2) is 88.3 Å². The molecule has 0 saturated heterocycles. The second-order valence-electron chi connectivity index (χ2n) is 6.38. The zero-order chi connectivity index (χ0) is 21.1. The maximum absolute atomic E-state index is 12.1. The van der Waals surface area contributed by atoms with Gasteiger partial charge in [0.2, 0.25) is 0 Å². The number of aliphatic imine (C=N–C) groups is 1. The van der Waals surface area contributed by atoms with E-state index in [1.54, 1.807) is 10.7 Å². The Labute approximate surface area is 180 Å². The topological polar surface area (TPSA) is 96.4 Å². The van der Waals surface area contributed by atoms with Gasteiger partial charge in [-0.3, -0.25) is 10.1 Å². The fraction of sp³-hybridized carbons (Fsp3) is 0. The Balaban J connectivity index is 1.78. The van der Waals surface area contributed by atoms with E-state index in [2.05, 4.69) is 26.0 Å². The number of rotatable bonds is 5. The molecule has 0 spiro atoms. The molecule has 4 aromatic rings. The van der Waals surface area contributed by atoms with Crippen molar-refractivity contribution in [2.24, 2.45) is 4.99 Å². The van der Waals surface area contributed by atoms with E-state index in [-0.39, 0.29) is 17.0 Å². The molecule has 30 heavy (non-hydrogen) atoms. The summed E-state index contributed by atoms with van der Waals surface area (Å²) in [4.78, 5) is 14.9. The summed E-state index contributed by atoms with van der Waals surface area (Å²) in [7, 11) is 0. The van der Waals surface area contributed by atoms with E-state index in [0.717, 1.165) is 15.7 Å². The van der Waals surface area contributed by atoms with Gasteiger partial charge in [-0.05, 0) is 29.8 Å². The Morgan fingerprint density at radius 1 is 1.00 bits per heavy atom. The van der Waals surface area contributed by atoms with Crippen LogP contribution in [0, 0.1) is 10.1 Å². The summed E-state index contributed by atoms with van der Waals surface area (Å²) in [6.45, 7) is 0. The average molecular weight is 462 g/mol. The molecule has 4 rings (SSSR count). The minimum Gasteiger partial charge on any atom is -0.872 e. The fourth-order valence-electron chi connectivity index (χ4n) is 2.87. The highest BCUT2D eigenvalue weighted by Gasteiger charge is 2.11. The van der Waals surface area contributed by atoms with E-state index in [1.165, 1.54) is 24.4 Å². The highest BCUT2D eigenvalue weighted by Crippen LogP contribution is 2.28. The van der Waals surface area contributed by atoms with Gasteiger partial charge in [0.05, 0.1) is 16.3 Å². The van der Waals surface area contributed by atoms with Crippen LogP contribution in [0.5, 0.6) is 5.75 Å². The van der Waals surface area contributed by atoms with E-state index in [1.807, 2.05) is 54.6 Å². The van der Waals surface area contributed by atoms with Crippen molar-refractivity contribution in [3.8, 4) is 22.7 Å². The van der Waals surface area contributed by atoms with E-state index in [0.29, 0.717) is 11.5 Å². The third-order valence-corrected chi connectivity index (χ3v) is 4.90. The van der Waals surface area contributed by atoms with Crippen molar-refractivity contribution in [2.45, 2.75) is 0 Å². The molecule has 0 fully saturated rings. The number of para-hydroxylation sites is 1. The largest absolute Gasteiger partial charge is 0.872 e. The minimum atomic E-state index is -0.545. The highest BCUT2D eigenvalue weighted by molar-refractivity contribution is 9.10. The van der Waals surface area contributed by atoms with E-state index in [9.17, 15) is 15.2 Å². The molecule has 3 aromatic carbocycles. The van der Waals surface area contributed by atoms with Crippen LogP contribution in [-0.2, 0) is 0 Å². The molecule has 0 amide bonds. The number of aromatic nitrogens is 2. The number of benzene rings is 3. The van der Waals surface area contributed by atoms with Crippen molar-refractivity contribution in [1.82, 2.24) is 9.78 Å². The number of nitrogens with zero attached hydrogens (tertiary/aromatic N) is 4. The van der Waals surface area contributed by atoms with Gasteiger partial charge in [-0.2, -0.15) is 5.10 Å². The Kier molecular flexibility index (Phi) is 5.40. The van der Waals surface area contributed by atoms with E-state index in [4.69, 9.17) is 0 Å². The van der Waals surface area contributed by atoms with Crippen LogP contribution in [0.2, 0.25) is 0 Å². The summed E-state index contributed by atoms with van der Waals surface area (Å²) in [5.41, 5.74) is 2.39. The van der Waals surface area contributed by atoms with Crippen molar-refractivity contribution < 1.29 is 10.0 Å². The van der Waals surface area contributed by atoms with Crippen LogP contribution in [0.25, 0.3) is 16.9 Å². The zero-order valence-corrected chi connectivity index (χ0v) is 17.1. The Morgan fingerprint density at radius 3 is 2.43 bits per heavy atom. The molecule has 0 aliphatic heterocycles. The first-order chi connectivity index (χ1) is 14.5. The lowest BCUT2D eigenvalue weighted by Gasteiger charge is -2.09. The van der Waals surface area contributed by atoms with Crippen LogP contribution >= 0.6 is 15.9 Å². The molecule has 0 aliphatic rings. The minimum absolute atomic E-state index is 0.134. The molecule has 0 aliphatic carbocycles. The van der Waals surface area contributed by atoms with Gasteiger partial charge in [0.25, 0.3) is 5.69 Å². The quantitative estimate of drug-likeness (QED) is 0.236. The molecule has 0 radical (unpaired) electrons. The molecule has 0 unspecified atom stereocenters. The summed E-state index contributed by atoms with van der Waals surface area (Å²) in [6.07, 6.45) is 1.33. The molecule has 0 bridgehead atoms. The van der Waals surface area contributed by atoms with Gasteiger partial charge in [0.1, 0.15) is 0 Å².